The van der Waals surface area contributed by atoms with E-state index in [0.29, 0.717) is 16.9 Å². The van der Waals surface area contributed by atoms with Gasteiger partial charge in [-0.15, -0.1) is 0 Å². The second kappa shape index (κ2) is 10.1. The molecule has 1 atom stereocenters. The van der Waals surface area contributed by atoms with Crippen LogP contribution in [0, 0.1) is 0 Å². The van der Waals surface area contributed by atoms with Gasteiger partial charge in [-0.25, -0.2) is 0 Å². The average molecular weight is 396 g/mol. The molecular weight excluding hydrogens is 372 g/mol. The van der Waals surface area contributed by atoms with Crippen molar-refractivity contribution >= 4 is 23.9 Å². The first-order valence-corrected chi connectivity index (χ1v) is 9.14. The molecule has 0 bridgehead atoms. The van der Waals surface area contributed by atoms with E-state index in [4.69, 9.17) is 9.84 Å². The standard InChI is InChI=1S/C22H24N2O5/c1-14(2)29-18-11-9-16(10-12-18)13-19(21(26)23-15(3)22(27)28)24-20(25)17-7-5-4-6-8-17/h4-15H,1-3H3,(H,23,26)(H,24,25)(H,27,28)/t15-/m1/s1. The van der Waals surface area contributed by atoms with Crippen LogP contribution in [0.3, 0.4) is 0 Å². The fraction of sp³-hybridized carbons (Fsp3) is 0.227. The molecule has 7 heteroatoms. The molecule has 0 aromatic heterocycles. The van der Waals surface area contributed by atoms with E-state index in [1.165, 1.54) is 13.0 Å². The molecule has 2 aromatic rings. The Labute approximate surface area is 169 Å². The molecule has 0 aliphatic carbocycles. The van der Waals surface area contributed by atoms with E-state index < -0.39 is 23.8 Å². The lowest BCUT2D eigenvalue weighted by atomic mass is 10.1. The first-order chi connectivity index (χ1) is 13.8. The predicted octanol–water partition coefficient (Wildman–Crippen LogP) is 2.83. The van der Waals surface area contributed by atoms with E-state index in [9.17, 15) is 14.4 Å². The number of carboxylic acids is 1. The molecule has 7 nitrogen and oxygen atoms in total. The molecular formula is C22H24N2O5. The lowest BCUT2D eigenvalue weighted by molar-refractivity contribution is -0.140. The van der Waals surface area contributed by atoms with E-state index in [2.05, 4.69) is 10.6 Å². The molecule has 0 fully saturated rings. The van der Waals surface area contributed by atoms with Crippen molar-refractivity contribution < 1.29 is 24.2 Å². The molecule has 0 spiro atoms. The average Bonchev–Trinajstić information content (AvgIpc) is 2.68. The van der Waals surface area contributed by atoms with Gasteiger partial charge in [-0.3, -0.25) is 14.4 Å². The Morgan fingerprint density at radius 1 is 0.966 bits per heavy atom. The van der Waals surface area contributed by atoms with E-state index in [1.807, 2.05) is 13.8 Å². The number of carbonyl (C=O) groups is 3. The third kappa shape index (κ3) is 6.80. The van der Waals surface area contributed by atoms with Crippen molar-refractivity contribution in [2.45, 2.75) is 32.9 Å². The van der Waals surface area contributed by atoms with Crippen molar-refractivity contribution in [2.75, 3.05) is 0 Å². The highest BCUT2D eigenvalue weighted by Crippen LogP contribution is 2.16. The summed E-state index contributed by atoms with van der Waals surface area (Å²) in [7, 11) is 0. The number of hydrogen-bond acceptors (Lipinski definition) is 4. The molecule has 0 unspecified atom stereocenters. The Kier molecular flexibility index (Phi) is 7.54. The van der Waals surface area contributed by atoms with E-state index in [-0.39, 0.29) is 11.8 Å². The maximum atomic E-state index is 12.6. The maximum absolute atomic E-state index is 12.6. The highest BCUT2D eigenvalue weighted by atomic mass is 16.5. The van der Waals surface area contributed by atoms with Gasteiger partial charge >= 0.3 is 5.97 Å². The van der Waals surface area contributed by atoms with Gasteiger partial charge < -0.3 is 20.5 Å². The van der Waals surface area contributed by atoms with Crippen LogP contribution < -0.4 is 15.4 Å². The van der Waals surface area contributed by atoms with Crippen LogP contribution in [0.2, 0.25) is 0 Å². The molecule has 0 heterocycles. The zero-order valence-corrected chi connectivity index (χ0v) is 16.5. The van der Waals surface area contributed by atoms with Crippen molar-refractivity contribution in [1.82, 2.24) is 10.6 Å². The van der Waals surface area contributed by atoms with Crippen LogP contribution in [0.5, 0.6) is 5.75 Å². The quantitative estimate of drug-likeness (QED) is 0.595. The number of hydrogen-bond donors (Lipinski definition) is 3. The summed E-state index contributed by atoms with van der Waals surface area (Å²) >= 11 is 0. The maximum Gasteiger partial charge on any atom is 0.325 e. The van der Waals surface area contributed by atoms with Gasteiger partial charge in [0, 0.05) is 5.56 Å². The topological polar surface area (TPSA) is 105 Å². The summed E-state index contributed by atoms with van der Waals surface area (Å²) in [5, 5.41) is 13.9. The van der Waals surface area contributed by atoms with Gasteiger partial charge in [-0.2, -0.15) is 0 Å². The first kappa shape index (κ1) is 21.7. The number of nitrogens with one attached hydrogen (secondary N) is 2. The summed E-state index contributed by atoms with van der Waals surface area (Å²) in [5.41, 5.74) is 0.949. The van der Waals surface area contributed by atoms with Gasteiger partial charge in [0.25, 0.3) is 11.8 Å². The van der Waals surface area contributed by atoms with Crippen molar-refractivity contribution in [2.24, 2.45) is 0 Å². The van der Waals surface area contributed by atoms with Gasteiger partial charge in [-0.05, 0) is 56.7 Å². The monoisotopic (exact) mass is 396 g/mol. The Bertz CT molecular complexity index is 889. The molecule has 0 radical (unpaired) electrons. The van der Waals surface area contributed by atoms with Gasteiger partial charge in [0.2, 0.25) is 0 Å². The van der Waals surface area contributed by atoms with Crippen molar-refractivity contribution in [3.05, 3.63) is 71.4 Å². The molecule has 2 rings (SSSR count). The van der Waals surface area contributed by atoms with Crippen LogP contribution in [0.4, 0.5) is 0 Å². The number of carbonyl (C=O) groups excluding carboxylic acids is 2. The number of amides is 2. The Morgan fingerprint density at radius 2 is 1.59 bits per heavy atom. The van der Waals surface area contributed by atoms with Gasteiger partial charge in [0.15, 0.2) is 0 Å². The molecule has 0 saturated carbocycles. The smallest absolute Gasteiger partial charge is 0.325 e. The number of ether oxygens (including phenoxy) is 1. The molecule has 3 N–H and O–H groups in total. The van der Waals surface area contributed by atoms with Gasteiger partial charge in [0.1, 0.15) is 17.5 Å². The van der Waals surface area contributed by atoms with E-state index in [0.717, 1.165) is 0 Å². The zero-order chi connectivity index (χ0) is 21.4. The summed E-state index contributed by atoms with van der Waals surface area (Å²) in [6.07, 6.45) is 1.50. The lowest BCUT2D eigenvalue weighted by Crippen LogP contribution is -2.42. The lowest BCUT2D eigenvalue weighted by Gasteiger charge is -2.14. The van der Waals surface area contributed by atoms with Crippen LogP contribution in [-0.2, 0) is 9.59 Å². The molecule has 0 aliphatic rings. The number of aliphatic carboxylic acids is 1. The zero-order valence-electron chi connectivity index (χ0n) is 16.5. The molecule has 2 aromatic carbocycles. The van der Waals surface area contributed by atoms with E-state index >= 15 is 0 Å². The highest BCUT2D eigenvalue weighted by Gasteiger charge is 2.19. The third-order valence-electron chi connectivity index (χ3n) is 3.81. The number of rotatable bonds is 8. The molecule has 0 saturated heterocycles. The second-order valence-electron chi connectivity index (χ2n) is 6.65. The Hall–Kier alpha value is -3.61. The molecule has 29 heavy (non-hydrogen) atoms. The summed E-state index contributed by atoms with van der Waals surface area (Å²) in [6.45, 7) is 5.17. The van der Waals surface area contributed by atoms with Gasteiger partial charge in [-0.1, -0.05) is 30.3 Å². The number of carboxylic acid groups (broad SMARTS) is 1. The van der Waals surface area contributed by atoms with Crippen LogP contribution >= 0.6 is 0 Å². The Balaban J connectivity index is 2.27. The van der Waals surface area contributed by atoms with Gasteiger partial charge in [0.05, 0.1) is 6.10 Å². The van der Waals surface area contributed by atoms with E-state index in [1.54, 1.807) is 54.6 Å². The minimum Gasteiger partial charge on any atom is -0.491 e. The SMILES string of the molecule is CC(C)Oc1ccc(C=C(NC(=O)c2ccccc2)C(=O)N[C@H](C)C(=O)O)cc1. The molecule has 0 aliphatic heterocycles. The van der Waals surface area contributed by atoms with Crippen LogP contribution in [0.1, 0.15) is 36.7 Å². The fourth-order valence-electron chi connectivity index (χ4n) is 2.36. The minimum absolute atomic E-state index is 0.0281. The van der Waals surface area contributed by atoms with Crippen LogP contribution in [-0.4, -0.2) is 35.0 Å². The summed E-state index contributed by atoms with van der Waals surface area (Å²) in [4.78, 5) is 36.1. The second-order valence-corrected chi connectivity index (χ2v) is 6.65. The number of benzene rings is 2. The summed E-state index contributed by atoms with van der Waals surface area (Å²) < 4.78 is 5.59. The molecule has 152 valence electrons. The van der Waals surface area contributed by atoms with Crippen molar-refractivity contribution in [1.29, 1.82) is 0 Å². The van der Waals surface area contributed by atoms with Crippen LogP contribution in [0.25, 0.3) is 6.08 Å². The normalized spacial score (nSPS) is 12.2. The molecule has 2 amide bonds. The third-order valence-corrected chi connectivity index (χ3v) is 3.81. The van der Waals surface area contributed by atoms with Crippen LogP contribution in [0.15, 0.2) is 60.3 Å². The summed E-state index contributed by atoms with van der Waals surface area (Å²) in [5.74, 6) is -1.68. The predicted molar refractivity (Wildman–Crippen MR) is 109 cm³/mol. The van der Waals surface area contributed by atoms with Crippen molar-refractivity contribution in [3.8, 4) is 5.75 Å². The first-order valence-electron chi connectivity index (χ1n) is 9.14. The highest BCUT2D eigenvalue weighted by molar-refractivity contribution is 6.06. The fourth-order valence-corrected chi connectivity index (χ4v) is 2.36. The van der Waals surface area contributed by atoms with Crippen molar-refractivity contribution in [3.63, 3.8) is 0 Å². The minimum atomic E-state index is -1.18. The Morgan fingerprint density at radius 3 is 2.14 bits per heavy atom. The largest absolute Gasteiger partial charge is 0.491 e. The summed E-state index contributed by atoms with van der Waals surface area (Å²) in [6, 6.07) is 14.3.